The largest absolute Gasteiger partial charge is 0.462 e. The van der Waals surface area contributed by atoms with Crippen molar-refractivity contribution in [2.75, 3.05) is 13.2 Å². The number of hydrogen-bond donors (Lipinski definition) is 0. The van der Waals surface area contributed by atoms with E-state index in [2.05, 4.69) is 142 Å². The predicted octanol–water partition coefficient (Wildman–Crippen LogP) is 18.5. The standard InChI is InChI=1S/C62H100O6/c1-4-7-10-13-16-19-22-24-26-28-30-31-33-34-36-38-40-43-46-49-52-55-61(64)67-58-59(57-66-60(63)54-51-48-45-42-21-18-15-12-9-6-3)68-62(65)56-53-50-47-44-41-39-37-35-32-29-27-25-23-20-17-14-11-8-5-2/h7,10,12,15-17,19-20,24-27,30-32,34-36,40,43,59H,4-6,8-9,11,13-14,18,21-23,28-29,33,37-39,41-42,44-58H2,1-3H3/b10-7-,15-12-,19-16-,20-17-,26-24-,27-25-,31-30-,35-32-,36-34-,43-40-. The second-order valence-electron chi connectivity index (χ2n) is 17.7. The van der Waals surface area contributed by atoms with E-state index in [4.69, 9.17) is 14.2 Å². The SMILES string of the molecule is CC/C=C\C/C=C\C/C=C\C/C=C\C/C=C\C/C=C\CCCCC(=O)OCC(COC(=O)CCCCCCC/C=C\CCC)OC(=O)CCCCCCCC/C=C\C/C=C\C/C=C\CCCCC. The molecule has 0 saturated carbocycles. The van der Waals surface area contributed by atoms with Crippen LogP contribution in [-0.2, 0) is 28.6 Å². The first-order valence-corrected chi connectivity index (χ1v) is 27.5. The lowest BCUT2D eigenvalue weighted by Crippen LogP contribution is -2.30. The van der Waals surface area contributed by atoms with Gasteiger partial charge in [0.2, 0.25) is 0 Å². The molecule has 0 aromatic heterocycles. The number of esters is 3. The predicted molar refractivity (Wildman–Crippen MR) is 293 cm³/mol. The van der Waals surface area contributed by atoms with Gasteiger partial charge in [-0.15, -0.1) is 0 Å². The molecule has 0 aliphatic rings. The number of hydrogen-bond acceptors (Lipinski definition) is 6. The molecule has 6 nitrogen and oxygen atoms in total. The maximum Gasteiger partial charge on any atom is 0.306 e. The Morgan fingerprint density at radius 2 is 0.603 bits per heavy atom. The number of rotatable bonds is 48. The van der Waals surface area contributed by atoms with Gasteiger partial charge in [-0.05, 0) is 128 Å². The fourth-order valence-corrected chi connectivity index (χ4v) is 7.04. The summed E-state index contributed by atoms with van der Waals surface area (Å²) >= 11 is 0. The molecule has 68 heavy (non-hydrogen) atoms. The van der Waals surface area contributed by atoms with Gasteiger partial charge in [0.15, 0.2) is 6.10 Å². The van der Waals surface area contributed by atoms with E-state index in [0.29, 0.717) is 25.7 Å². The van der Waals surface area contributed by atoms with Gasteiger partial charge >= 0.3 is 17.9 Å². The first kappa shape index (κ1) is 63.8. The average molecular weight is 941 g/mol. The summed E-state index contributed by atoms with van der Waals surface area (Å²) in [6, 6.07) is 0. The molecule has 0 rings (SSSR count). The van der Waals surface area contributed by atoms with Gasteiger partial charge in [0.25, 0.3) is 0 Å². The maximum atomic E-state index is 12.8. The van der Waals surface area contributed by atoms with Crippen molar-refractivity contribution in [3.05, 3.63) is 122 Å². The van der Waals surface area contributed by atoms with Crippen LogP contribution in [0.1, 0.15) is 233 Å². The Labute approximate surface area is 418 Å². The zero-order chi connectivity index (χ0) is 49.3. The van der Waals surface area contributed by atoms with Crippen LogP contribution in [0.5, 0.6) is 0 Å². The van der Waals surface area contributed by atoms with Crippen LogP contribution < -0.4 is 0 Å². The Hall–Kier alpha value is -4.19. The van der Waals surface area contributed by atoms with E-state index in [1.165, 1.54) is 51.4 Å². The van der Waals surface area contributed by atoms with Crippen molar-refractivity contribution in [1.29, 1.82) is 0 Å². The van der Waals surface area contributed by atoms with Crippen LogP contribution in [0, 0.1) is 0 Å². The lowest BCUT2D eigenvalue weighted by Gasteiger charge is -2.18. The van der Waals surface area contributed by atoms with Crippen molar-refractivity contribution in [2.24, 2.45) is 0 Å². The summed E-state index contributed by atoms with van der Waals surface area (Å²) in [7, 11) is 0. The van der Waals surface area contributed by atoms with E-state index in [1.807, 2.05) is 0 Å². The molecular formula is C62H100O6. The summed E-state index contributed by atoms with van der Waals surface area (Å²) in [6.45, 7) is 6.37. The number of allylic oxidation sites excluding steroid dienone is 20. The van der Waals surface area contributed by atoms with E-state index in [-0.39, 0.29) is 31.1 Å². The fourth-order valence-electron chi connectivity index (χ4n) is 7.04. The van der Waals surface area contributed by atoms with Gasteiger partial charge in [-0.25, -0.2) is 0 Å². The zero-order valence-electron chi connectivity index (χ0n) is 43.8. The molecule has 0 spiro atoms. The van der Waals surface area contributed by atoms with Gasteiger partial charge in [0.05, 0.1) is 0 Å². The van der Waals surface area contributed by atoms with Crippen LogP contribution in [0.2, 0.25) is 0 Å². The summed E-state index contributed by atoms with van der Waals surface area (Å²) in [5.74, 6) is -0.979. The smallest absolute Gasteiger partial charge is 0.306 e. The third-order valence-corrected chi connectivity index (χ3v) is 11.2. The molecule has 1 atom stereocenters. The highest BCUT2D eigenvalue weighted by Gasteiger charge is 2.19. The zero-order valence-corrected chi connectivity index (χ0v) is 43.8. The molecular weight excluding hydrogens is 841 g/mol. The van der Waals surface area contributed by atoms with E-state index in [9.17, 15) is 14.4 Å². The average Bonchev–Trinajstić information content (AvgIpc) is 3.34. The normalized spacial score (nSPS) is 13.0. The minimum Gasteiger partial charge on any atom is -0.462 e. The van der Waals surface area contributed by atoms with E-state index >= 15 is 0 Å². The van der Waals surface area contributed by atoms with Crippen molar-refractivity contribution in [1.82, 2.24) is 0 Å². The van der Waals surface area contributed by atoms with Crippen molar-refractivity contribution in [3.63, 3.8) is 0 Å². The van der Waals surface area contributed by atoms with Crippen LogP contribution in [0.15, 0.2) is 122 Å². The molecule has 384 valence electrons. The molecule has 6 heteroatoms. The molecule has 0 amide bonds. The first-order chi connectivity index (χ1) is 33.5. The molecule has 0 N–H and O–H groups in total. The summed E-state index contributed by atoms with van der Waals surface area (Å²) < 4.78 is 16.8. The highest BCUT2D eigenvalue weighted by atomic mass is 16.6. The van der Waals surface area contributed by atoms with Gasteiger partial charge in [-0.1, -0.05) is 206 Å². The number of ether oxygens (including phenoxy) is 3. The second kappa shape index (κ2) is 55.4. The Morgan fingerprint density at radius 3 is 1.00 bits per heavy atom. The van der Waals surface area contributed by atoms with E-state index < -0.39 is 6.10 Å². The third-order valence-electron chi connectivity index (χ3n) is 11.2. The molecule has 0 radical (unpaired) electrons. The van der Waals surface area contributed by atoms with Crippen LogP contribution in [0.4, 0.5) is 0 Å². The lowest BCUT2D eigenvalue weighted by molar-refractivity contribution is -0.167. The molecule has 0 aromatic carbocycles. The number of carbonyl (C=O) groups excluding carboxylic acids is 3. The van der Waals surface area contributed by atoms with Gasteiger partial charge in [0.1, 0.15) is 13.2 Å². The van der Waals surface area contributed by atoms with E-state index in [0.717, 1.165) is 135 Å². The highest BCUT2D eigenvalue weighted by Crippen LogP contribution is 2.13. The summed E-state index contributed by atoms with van der Waals surface area (Å²) in [5.41, 5.74) is 0. The molecule has 0 aliphatic carbocycles. The Balaban J connectivity index is 4.46. The topological polar surface area (TPSA) is 78.9 Å². The molecule has 0 aliphatic heterocycles. The molecule has 0 fully saturated rings. The summed E-state index contributed by atoms with van der Waals surface area (Å²) in [6.07, 6.45) is 76.2. The monoisotopic (exact) mass is 941 g/mol. The third kappa shape index (κ3) is 52.8. The quantitative estimate of drug-likeness (QED) is 0.0262. The number of unbranched alkanes of at least 4 members (excludes halogenated alkanes) is 17. The van der Waals surface area contributed by atoms with Crippen molar-refractivity contribution < 1.29 is 28.6 Å². The van der Waals surface area contributed by atoms with Crippen LogP contribution in [0.25, 0.3) is 0 Å². The van der Waals surface area contributed by atoms with Gasteiger partial charge < -0.3 is 14.2 Å². The maximum absolute atomic E-state index is 12.8. The molecule has 0 bridgehead atoms. The van der Waals surface area contributed by atoms with Crippen molar-refractivity contribution in [2.45, 2.75) is 239 Å². The summed E-state index contributed by atoms with van der Waals surface area (Å²) in [4.78, 5) is 38.0. The van der Waals surface area contributed by atoms with Crippen molar-refractivity contribution >= 4 is 17.9 Å². The first-order valence-electron chi connectivity index (χ1n) is 27.5. The summed E-state index contributed by atoms with van der Waals surface area (Å²) in [5, 5.41) is 0. The molecule has 1 unspecified atom stereocenters. The van der Waals surface area contributed by atoms with Crippen LogP contribution in [0.3, 0.4) is 0 Å². The van der Waals surface area contributed by atoms with Gasteiger partial charge in [0, 0.05) is 19.3 Å². The lowest BCUT2D eigenvalue weighted by atomic mass is 10.1. The molecule has 0 aromatic rings. The van der Waals surface area contributed by atoms with Crippen LogP contribution in [-0.4, -0.2) is 37.2 Å². The Kier molecular flexibility index (Phi) is 52.0. The van der Waals surface area contributed by atoms with E-state index in [1.54, 1.807) is 0 Å². The Bertz CT molecular complexity index is 1450. The van der Waals surface area contributed by atoms with Gasteiger partial charge in [-0.2, -0.15) is 0 Å². The second-order valence-corrected chi connectivity index (χ2v) is 17.7. The minimum absolute atomic E-state index is 0.105. The fraction of sp³-hybridized carbons (Fsp3) is 0.629. The van der Waals surface area contributed by atoms with Crippen LogP contribution >= 0.6 is 0 Å². The highest BCUT2D eigenvalue weighted by molar-refractivity contribution is 5.71. The molecule has 0 heterocycles. The van der Waals surface area contributed by atoms with Crippen molar-refractivity contribution in [3.8, 4) is 0 Å². The van der Waals surface area contributed by atoms with Gasteiger partial charge in [-0.3, -0.25) is 14.4 Å². The minimum atomic E-state index is -0.809. The number of carbonyl (C=O) groups is 3. The molecule has 0 saturated heterocycles. The Morgan fingerprint density at radius 1 is 0.309 bits per heavy atom.